The molecule has 0 aliphatic carbocycles. The molecule has 166 valence electrons. The highest BCUT2D eigenvalue weighted by molar-refractivity contribution is 6.32. The van der Waals surface area contributed by atoms with Crippen LogP contribution in [0.4, 0.5) is 0 Å². The van der Waals surface area contributed by atoms with Gasteiger partial charge in [0.2, 0.25) is 0 Å². The lowest BCUT2D eigenvalue weighted by Crippen LogP contribution is -2.33. The van der Waals surface area contributed by atoms with E-state index in [-0.39, 0.29) is 0 Å². The number of ether oxygens (including phenoxy) is 1. The summed E-state index contributed by atoms with van der Waals surface area (Å²) in [6.07, 6.45) is 5.42. The summed E-state index contributed by atoms with van der Waals surface area (Å²) in [5.41, 5.74) is 4.29. The van der Waals surface area contributed by atoms with Gasteiger partial charge < -0.3 is 14.7 Å². The van der Waals surface area contributed by atoms with Crippen molar-refractivity contribution < 1.29 is 4.74 Å². The fraction of sp³-hybridized carbons (Fsp3) is 0.308. The number of piperidine rings is 1. The highest BCUT2D eigenvalue weighted by atomic mass is 35.5. The molecule has 3 aromatic carbocycles. The lowest BCUT2D eigenvalue weighted by atomic mass is 10.1. The molecular formula is C26H27Cl2N3O. The van der Waals surface area contributed by atoms with Gasteiger partial charge in [-0.25, -0.2) is 0 Å². The summed E-state index contributed by atoms with van der Waals surface area (Å²) in [6.45, 7) is 4.00. The zero-order valence-corrected chi connectivity index (χ0v) is 19.7. The van der Waals surface area contributed by atoms with Gasteiger partial charge >= 0.3 is 0 Å². The summed E-state index contributed by atoms with van der Waals surface area (Å²) in [4.78, 5) is 9.69. The van der Waals surface area contributed by atoms with Crippen LogP contribution < -0.4 is 4.74 Å². The number of nitrogens with one attached hydrogen (secondary N) is 2. The van der Waals surface area contributed by atoms with Gasteiger partial charge in [0.25, 0.3) is 0 Å². The van der Waals surface area contributed by atoms with Crippen LogP contribution in [0.25, 0.3) is 43.6 Å². The number of rotatable bonds is 4. The van der Waals surface area contributed by atoms with Gasteiger partial charge in [-0.2, -0.15) is 0 Å². The van der Waals surface area contributed by atoms with E-state index < -0.39 is 0 Å². The highest BCUT2D eigenvalue weighted by Crippen LogP contribution is 2.41. The van der Waals surface area contributed by atoms with Gasteiger partial charge in [0.05, 0.1) is 11.0 Å². The smallest absolute Gasteiger partial charge is 0.167 e. The maximum Gasteiger partial charge on any atom is 0.167 e. The summed E-state index contributed by atoms with van der Waals surface area (Å²) < 4.78 is 6.49. The first-order valence-electron chi connectivity index (χ1n) is 11.2. The normalized spacial score (nSPS) is 14.8. The van der Waals surface area contributed by atoms with Gasteiger partial charge in [-0.15, -0.1) is 11.6 Å². The molecule has 0 saturated carbocycles. The summed E-state index contributed by atoms with van der Waals surface area (Å²) in [5, 5.41) is 5.43. The van der Waals surface area contributed by atoms with E-state index in [2.05, 4.69) is 56.8 Å². The zero-order chi connectivity index (χ0) is 22.1. The number of alkyl halides is 1. The number of H-pyrrole nitrogens is 2. The molecule has 3 heterocycles. The molecule has 2 N–H and O–H groups in total. The minimum absolute atomic E-state index is 0.680. The molecule has 4 nitrogen and oxygen atoms in total. The van der Waals surface area contributed by atoms with E-state index in [1.54, 1.807) is 0 Å². The average molecular weight is 468 g/mol. The Morgan fingerprint density at radius 1 is 0.812 bits per heavy atom. The predicted octanol–water partition coefficient (Wildman–Crippen LogP) is 7.33. The number of fused-ring (bicyclic) bond motifs is 6. The number of aromatic nitrogens is 2. The third-order valence-electron chi connectivity index (χ3n) is 6.39. The zero-order valence-electron chi connectivity index (χ0n) is 18.2. The van der Waals surface area contributed by atoms with Gasteiger partial charge in [0.1, 0.15) is 6.61 Å². The van der Waals surface area contributed by atoms with Crippen LogP contribution in [0.2, 0.25) is 5.02 Å². The van der Waals surface area contributed by atoms with Crippen molar-refractivity contribution in [2.75, 3.05) is 32.6 Å². The summed E-state index contributed by atoms with van der Waals surface area (Å²) in [6, 6.07) is 16.7. The van der Waals surface area contributed by atoms with Crippen molar-refractivity contribution >= 4 is 66.8 Å². The highest BCUT2D eigenvalue weighted by Gasteiger charge is 2.18. The Balaban J connectivity index is 0.00000105. The van der Waals surface area contributed by atoms with Gasteiger partial charge in [-0.1, -0.05) is 36.2 Å². The van der Waals surface area contributed by atoms with Crippen LogP contribution in [0.3, 0.4) is 0 Å². The standard InChI is InChI=1S/C25H24ClN3O.CH3Cl/c26-16-8-9-22-18(14-16)20-15-19-17-6-2-3-7-21(17)27-23(19)25(24(20)28-22)30-13-12-29-10-4-1-5-11-29;1-2/h2-3,6-9,14-15,27-28H,1,4-5,10-13H2;1H3. The monoisotopic (exact) mass is 467 g/mol. The Morgan fingerprint density at radius 3 is 2.28 bits per heavy atom. The Kier molecular flexibility index (Phi) is 6.18. The van der Waals surface area contributed by atoms with Crippen LogP contribution in [0.5, 0.6) is 5.75 Å². The Bertz CT molecular complexity index is 1380. The van der Waals surface area contributed by atoms with Crippen molar-refractivity contribution in [1.29, 1.82) is 0 Å². The second kappa shape index (κ2) is 9.22. The van der Waals surface area contributed by atoms with Crippen LogP contribution in [0, 0.1) is 0 Å². The van der Waals surface area contributed by atoms with Crippen molar-refractivity contribution in [3.63, 3.8) is 0 Å². The van der Waals surface area contributed by atoms with Crippen molar-refractivity contribution in [1.82, 2.24) is 14.9 Å². The molecular weight excluding hydrogens is 441 g/mol. The summed E-state index contributed by atoms with van der Waals surface area (Å²) in [7, 11) is 0. The second-order valence-corrected chi connectivity index (χ2v) is 8.72. The van der Waals surface area contributed by atoms with Crippen LogP contribution in [-0.2, 0) is 0 Å². The molecule has 1 fully saturated rings. The number of halogens is 2. The van der Waals surface area contributed by atoms with Gasteiger partial charge in [-0.3, -0.25) is 4.90 Å². The van der Waals surface area contributed by atoms with E-state index >= 15 is 0 Å². The Morgan fingerprint density at radius 2 is 1.50 bits per heavy atom. The minimum Gasteiger partial charge on any atom is -0.488 e. The summed E-state index contributed by atoms with van der Waals surface area (Å²) >= 11 is 11.0. The largest absolute Gasteiger partial charge is 0.488 e. The molecule has 2 aromatic heterocycles. The molecule has 1 aliphatic heterocycles. The maximum absolute atomic E-state index is 6.49. The van der Waals surface area contributed by atoms with Crippen LogP contribution in [0.1, 0.15) is 19.3 Å². The van der Waals surface area contributed by atoms with E-state index in [1.807, 2.05) is 18.2 Å². The molecule has 6 heteroatoms. The Labute approximate surface area is 197 Å². The number of nitrogens with zero attached hydrogens (tertiary/aromatic N) is 1. The first-order valence-corrected chi connectivity index (χ1v) is 12.3. The van der Waals surface area contributed by atoms with Crippen LogP contribution in [-0.4, -0.2) is 47.5 Å². The van der Waals surface area contributed by atoms with Gasteiger partial charge in [-0.05, 0) is 56.3 Å². The molecule has 6 rings (SSSR count). The number of benzene rings is 3. The van der Waals surface area contributed by atoms with Crippen molar-refractivity contribution in [2.24, 2.45) is 0 Å². The third-order valence-corrected chi connectivity index (χ3v) is 6.63. The molecule has 0 unspecified atom stereocenters. The van der Waals surface area contributed by atoms with Gasteiger partial charge in [0.15, 0.2) is 5.75 Å². The van der Waals surface area contributed by atoms with E-state index in [4.69, 9.17) is 16.3 Å². The van der Waals surface area contributed by atoms with E-state index in [0.29, 0.717) is 6.61 Å². The average Bonchev–Trinajstić information content (AvgIpc) is 3.39. The first kappa shape index (κ1) is 21.4. The molecule has 0 bridgehead atoms. The Hall–Kier alpha value is -2.40. The molecule has 0 radical (unpaired) electrons. The number of aromatic amines is 2. The molecule has 0 amide bonds. The maximum atomic E-state index is 6.49. The molecule has 0 spiro atoms. The quantitative estimate of drug-likeness (QED) is 0.271. The van der Waals surface area contributed by atoms with Gasteiger partial charge in [0, 0.05) is 50.5 Å². The predicted molar refractivity (Wildman–Crippen MR) is 138 cm³/mol. The third kappa shape index (κ3) is 3.81. The van der Waals surface area contributed by atoms with Crippen molar-refractivity contribution in [3.05, 3.63) is 53.6 Å². The topological polar surface area (TPSA) is 44.0 Å². The lowest BCUT2D eigenvalue weighted by molar-refractivity contribution is 0.185. The molecule has 5 aromatic rings. The fourth-order valence-electron chi connectivity index (χ4n) is 4.88. The summed E-state index contributed by atoms with van der Waals surface area (Å²) in [5.74, 6) is 0.906. The van der Waals surface area contributed by atoms with Crippen LogP contribution >= 0.6 is 23.2 Å². The van der Waals surface area contributed by atoms with Crippen molar-refractivity contribution in [3.8, 4) is 5.75 Å². The minimum atomic E-state index is 0.680. The number of likely N-dealkylation sites (tertiary alicyclic amines) is 1. The number of hydrogen-bond acceptors (Lipinski definition) is 2. The molecule has 1 aliphatic rings. The lowest BCUT2D eigenvalue weighted by Gasteiger charge is -2.26. The van der Waals surface area contributed by atoms with E-state index in [1.165, 1.54) is 49.5 Å². The molecule has 32 heavy (non-hydrogen) atoms. The SMILES string of the molecule is CCl.Clc1ccc2[nH]c3c(OCCN4CCCCC4)c4[nH]c5ccccc5c4cc3c2c1. The number of para-hydroxylation sites is 1. The van der Waals surface area contributed by atoms with E-state index in [0.717, 1.165) is 50.2 Å². The van der Waals surface area contributed by atoms with E-state index in [9.17, 15) is 0 Å². The van der Waals surface area contributed by atoms with Crippen molar-refractivity contribution in [2.45, 2.75) is 19.3 Å². The fourth-order valence-corrected chi connectivity index (χ4v) is 5.05. The first-order chi connectivity index (χ1) is 15.8. The van der Waals surface area contributed by atoms with Crippen LogP contribution in [0.15, 0.2) is 48.5 Å². The number of hydrogen-bond donors (Lipinski definition) is 2. The molecule has 0 atom stereocenters. The molecule has 1 saturated heterocycles. The second-order valence-electron chi connectivity index (χ2n) is 8.29.